The first-order valence-corrected chi connectivity index (χ1v) is 8.70. The van der Waals surface area contributed by atoms with Crippen LogP contribution in [0.5, 0.6) is 0 Å². The van der Waals surface area contributed by atoms with Crippen molar-refractivity contribution in [3.05, 3.63) is 47.7 Å². The van der Waals surface area contributed by atoms with E-state index in [9.17, 15) is 4.79 Å². The molecule has 1 aromatic heterocycles. The fourth-order valence-electron chi connectivity index (χ4n) is 4.04. The van der Waals surface area contributed by atoms with Crippen LogP contribution in [0.15, 0.2) is 36.5 Å². The second-order valence-corrected chi connectivity index (χ2v) is 6.84. The molecule has 1 amide bonds. The number of fused-ring (bicyclic) bond motifs is 2. The van der Waals surface area contributed by atoms with Gasteiger partial charge in [-0.3, -0.25) is 9.69 Å². The van der Waals surface area contributed by atoms with E-state index in [1.54, 1.807) is 6.20 Å². The Kier molecular flexibility index (Phi) is 3.88. The third kappa shape index (κ3) is 2.53. The summed E-state index contributed by atoms with van der Waals surface area (Å²) in [4.78, 5) is 15.0. The Morgan fingerprint density at radius 1 is 1.25 bits per heavy atom. The average molecular weight is 325 g/mol. The highest BCUT2D eigenvalue weighted by Crippen LogP contribution is 2.35. The Morgan fingerprint density at radius 2 is 2.08 bits per heavy atom. The van der Waals surface area contributed by atoms with Crippen LogP contribution >= 0.6 is 0 Å². The minimum Gasteiger partial charge on any atom is -0.373 e. The highest BCUT2D eigenvalue weighted by molar-refractivity contribution is 5.93. The van der Waals surface area contributed by atoms with Crippen LogP contribution in [-0.4, -0.2) is 28.3 Å². The lowest BCUT2D eigenvalue weighted by Gasteiger charge is -2.38. The Balaban J connectivity index is 1.59. The van der Waals surface area contributed by atoms with Crippen LogP contribution < -0.4 is 4.90 Å². The van der Waals surface area contributed by atoms with Gasteiger partial charge in [0.1, 0.15) is 5.82 Å². The summed E-state index contributed by atoms with van der Waals surface area (Å²) in [6.45, 7) is 4.94. The summed E-state index contributed by atoms with van der Waals surface area (Å²) in [5.41, 5.74) is 2.45. The molecule has 126 valence electrons. The third-order valence-electron chi connectivity index (χ3n) is 5.16. The van der Waals surface area contributed by atoms with Gasteiger partial charge in [-0.25, -0.2) is 4.68 Å². The quantitative estimate of drug-likeness (QED) is 0.851. The second-order valence-electron chi connectivity index (χ2n) is 6.84. The molecule has 1 aromatic carbocycles. The lowest BCUT2D eigenvalue weighted by molar-refractivity contribution is -0.122. The molecule has 0 N–H and O–H groups in total. The number of hydrogen-bond acceptors (Lipinski definition) is 3. The number of benzene rings is 1. The zero-order valence-electron chi connectivity index (χ0n) is 14.2. The van der Waals surface area contributed by atoms with Crippen LogP contribution in [0.3, 0.4) is 0 Å². The molecule has 0 radical (unpaired) electrons. The molecule has 0 spiro atoms. The molecule has 0 saturated carbocycles. The van der Waals surface area contributed by atoms with Gasteiger partial charge in [-0.1, -0.05) is 24.3 Å². The van der Waals surface area contributed by atoms with Crippen molar-refractivity contribution in [1.82, 2.24) is 9.78 Å². The molecular weight excluding hydrogens is 302 g/mol. The van der Waals surface area contributed by atoms with Crippen molar-refractivity contribution in [2.75, 3.05) is 11.5 Å². The van der Waals surface area contributed by atoms with Crippen molar-refractivity contribution in [3.8, 4) is 0 Å². The Bertz CT molecular complexity index is 755. The van der Waals surface area contributed by atoms with Crippen LogP contribution in [0.2, 0.25) is 0 Å². The topological polar surface area (TPSA) is 47.4 Å². The molecule has 4 rings (SSSR count). The molecule has 0 saturated heterocycles. The number of anilines is 1. The molecule has 3 atom stereocenters. The lowest BCUT2D eigenvalue weighted by Crippen LogP contribution is -2.45. The Morgan fingerprint density at radius 3 is 2.96 bits per heavy atom. The highest BCUT2D eigenvalue weighted by atomic mass is 16.5. The molecule has 0 bridgehead atoms. The van der Waals surface area contributed by atoms with Crippen LogP contribution in [0.4, 0.5) is 5.82 Å². The monoisotopic (exact) mass is 325 g/mol. The summed E-state index contributed by atoms with van der Waals surface area (Å²) >= 11 is 0. The van der Waals surface area contributed by atoms with Gasteiger partial charge in [0.05, 0.1) is 31.4 Å². The van der Waals surface area contributed by atoms with Gasteiger partial charge in [0, 0.05) is 12.1 Å². The molecule has 5 nitrogen and oxygen atoms in total. The van der Waals surface area contributed by atoms with Gasteiger partial charge in [0.2, 0.25) is 5.91 Å². The molecule has 0 aliphatic carbocycles. The summed E-state index contributed by atoms with van der Waals surface area (Å²) in [6, 6.07) is 10.7. The summed E-state index contributed by atoms with van der Waals surface area (Å²) < 4.78 is 7.87. The minimum atomic E-state index is -0.148. The molecule has 5 heteroatoms. The van der Waals surface area contributed by atoms with Crippen LogP contribution in [0, 0.1) is 0 Å². The molecule has 3 heterocycles. The predicted octanol–water partition coefficient (Wildman–Crippen LogP) is 3.27. The van der Waals surface area contributed by atoms with Crippen molar-refractivity contribution >= 4 is 11.7 Å². The van der Waals surface area contributed by atoms with Gasteiger partial charge >= 0.3 is 0 Å². The fourth-order valence-corrected chi connectivity index (χ4v) is 4.04. The van der Waals surface area contributed by atoms with Gasteiger partial charge in [-0.15, -0.1) is 0 Å². The normalized spacial score (nSPS) is 25.9. The van der Waals surface area contributed by atoms with E-state index < -0.39 is 0 Å². The van der Waals surface area contributed by atoms with E-state index in [4.69, 9.17) is 4.74 Å². The van der Waals surface area contributed by atoms with Crippen molar-refractivity contribution in [2.24, 2.45) is 0 Å². The first-order valence-electron chi connectivity index (χ1n) is 8.70. The number of aromatic nitrogens is 2. The number of hydrogen-bond donors (Lipinski definition) is 0. The summed E-state index contributed by atoms with van der Waals surface area (Å²) in [5.74, 6) is 1.01. The number of ether oxygens (including phenoxy) is 1. The van der Waals surface area contributed by atoms with E-state index in [-0.39, 0.29) is 18.1 Å². The first kappa shape index (κ1) is 15.4. The lowest BCUT2D eigenvalue weighted by atomic mass is 9.95. The minimum absolute atomic E-state index is 0.109. The second kappa shape index (κ2) is 6.06. The Labute approximate surface area is 142 Å². The van der Waals surface area contributed by atoms with E-state index in [1.807, 2.05) is 21.7 Å². The average Bonchev–Trinajstić information content (AvgIpc) is 3.05. The van der Waals surface area contributed by atoms with Crippen LogP contribution in [0.1, 0.15) is 50.0 Å². The van der Waals surface area contributed by atoms with E-state index in [1.165, 1.54) is 5.56 Å². The number of carbonyl (C=O) groups is 1. The van der Waals surface area contributed by atoms with Crippen molar-refractivity contribution in [1.29, 1.82) is 0 Å². The first-order chi connectivity index (χ1) is 11.6. The largest absolute Gasteiger partial charge is 0.373 e. The number of amides is 1. The van der Waals surface area contributed by atoms with E-state index in [2.05, 4.69) is 37.1 Å². The van der Waals surface area contributed by atoms with Gasteiger partial charge in [-0.2, -0.15) is 5.10 Å². The number of rotatable bonds is 2. The van der Waals surface area contributed by atoms with Crippen molar-refractivity contribution in [2.45, 2.75) is 51.3 Å². The zero-order chi connectivity index (χ0) is 16.7. The Hall–Kier alpha value is -2.14. The standard InChI is InChI=1S/C19H23N3O2/c1-13-11-14(2)22-18(7-9-20-22)21(13)19(23)12-17-16-6-4-3-5-15(16)8-10-24-17/h3-7,9,13-14,17H,8,10-12H2,1-2H3. The molecule has 3 unspecified atom stereocenters. The molecule has 2 aliphatic heterocycles. The van der Waals surface area contributed by atoms with Gasteiger partial charge < -0.3 is 4.74 Å². The summed E-state index contributed by atoms with van der Waals surface area (Å²) in [7, 11) is 0. The predicted molar refractivity (Wildman–Crippen MR) is 92.0 cm³/mol. The zero-order valence-corrected chi connectivity index (χ0v) is 14.2. The summed E-state index contributed by atoms with van der Waals surface area (Å²) in [5, 5.41) is 4.38. The van der Waals surface area contributed by atoms with Gasteiger partial charge in [-0.05, 0) is 37.8 Å². The molecule has 2 aliphatic rings. The highest BCUT2D eigenvalue weighted by Gasteiger charge is 2.34. The molecular formula is C19H23N3O2. The third-order valence-corrected chi connectivity index (χ3v) is 5.16. The molecule has 24 heavy (non-hydrogen) atoms. The van der Waals surface area contributed by atoms with Crippen molar-refractivity contribution in [3.63, 3.8) is 0 Å². The molecule has 2 aromatic rings. The smallest absolute Gasteiger partial charge is 0.231 e. The van der Waals surface area contributed by atoms with Crippen LogP contribution in [-0.2, 0) is 16.0 Å². The maximum atomic E-state index is 13.1. The van der Waals surface area contributed by atoms with Gasteiger partial charge in [0.15, 0.2) is 0 Å². The summed E-state index contributed by atoms with van der Waals surface area (Å²) in [6.07, 6.45) is 3.84. The number of nitrogens with zero attached hydrogens (tertiary/aromatic N) is 3. The van der Waals surface area contributed by atoms with E-state index in [0.717, 1.165) is 24.2 Å². The maximum Gasteiger partial charge on any atom is 0.231 e. The van der Waals surface area contributed by atoms with Crippen LogP contribution in [0.25, 0.3) is 0 Å². The molecule has 0 fully saturated rings. The fraction of sp³-hybridized carbons (Fsp3) is 0.474. The SMILES string of the molecule is CC1CC(C)n2nccc2N1C(=O)CC1OCCc2ccccc21. The van der Waals surface area contributed by atoms with Gasteiger partial charge in [0.25, 0.3) is 0 Å². The van der Waals surface area contributed by atoms with E-state index >= 15 is 0 Å². The maximum absolute atomic E-state index is 13.1. The van der Waals surface area contributed by atoms with E-state index in [0.29, 0.717) is 19.1 Å². The number of carbonyl (C=O) groups excluding carboxylic acids is 1. The van der Waals surface area contributed by atoms with Crippen molar-refractivity contribution < 1.29 is 9.53 Å².